The molecule has 166 valence electrons. The molecule has 0 spiro atoms. The Labute approximate surface area is 179 Å². The minimum Gasteiger partial charge on any atom is -0.336 e. The van der Waals surface area contributed by atoms with Gasteiger partial charge in [-0.1, -0.05) is 0 Å². The molecule has 31 heavy (non-hydrogen) atoms. The van der Waals surface area contributed by atoms with Crippen molar-refractivity contribution in [2.24, 2.45) is 0 Å². The highest BCUT2D eigenvalue weighted by Crippen LogP contribution is 2.34. The number of piperazine rings is 1. The van der Waals surface area contributed by atoms with Gasteiger partial charge in [0.25, 0.3) is 11.5 Å². The van der Waals surface area contributed by atoms with Gasteiger partial charge in [-0.2, -0.15) is 18.3 Å². The minimum absolute atomic E-state index is 0.156. The second-order valence-corrected chi connectivity index (χ2v) is 8.53. The highest BCUT2D eigenvalue weighted by molar-refractivity contribution is 7.15. The van der Waals surface area contributed by atoms with Crippen LogP contribution < -0.4 is 5.56 Å². The van der Waals surface area contributed by atoms with E-state index in [1.807, 2.05) is 4.90 Å². The average molecular weight is 454 g/mol. The van der Waals surface area contributed by atoms with Gasteiger partial charge < -0.3 is 4.90 Å². The molecule has 0 N–H and O–H groups in total. The van der Waals surface area contributed by atoms with E-state index < -0.39 is 29.4 Å². The Morgan fingerprint density at radius 2 is 1.94 bits per heavy atom. The smallest absolute Gasteiger partial charge is 0.336 e. The van der Waals surface area contributed by atoms with E-state index in [9.17, 15) is 22.8 Å². The molecule has 4 rings (SSSR count). The lowest BCUT2D eigenvalue weighted by atomic mass is 10.1. The molecule has 0 unspecified atom stereocenters. The van der Waals surface area contributed by atoms with Crippen LogP contribution in [0.15, 0.2) is 28.6 Å². The number of hydrogen-bond acceptors (Lipinski definition) is 6. The molecule has 0 aliphatic carbocycles. The second-order valence-electron chi connectivity index (χ2n) is 7.65. The number of fused-ring (bicyclic) bond motifs is 1. The molecule has 8 nitrogen and oxygen atoms in total. The summed E-state index contributed by atoms with van der Waals surface area (Å²) >= 11 is 1.37. The van der Waals surface area contributed by atoms with Crippen LogP contribution in [0.2, 0.25) is 0 Å². The Morgan fingerprint density at radius 3 is 2.58 bits per heavy atom. The van der Waals surface area contributed by atoms with Crippen molar-refractivity contribution in [1.29, 1.82) is 0 Å². The quantitative estimate of drug-likeness (QED) is 0.606. The topological polar surface area (TPSA) is 75.7 Å². The SMILES string of the molecule is CC(C)n1ncc(C(=O)N2CCN(Cc3cc(=O)n4ccsc4n3)CC2)c1C(F)(F)F. The van der Waals surface area contributed by atoms with E-state index in [0.717, 1.165) is 10.9 Å². The number of aromatic nitrogens is 4. The normalized spacial score (nSPS) is 15.9. The lowest BCUT2D eigenvalue weighted by Gasteiger charge is -2.34. The van der Waals surface area contributed by atoms with E-state index in [-0.39, 0.29) is 18.6 Å². The molecule has 1 amide bonds. The van der Waals surface area contributed by atoms with Gasteiger partial charge in [0.2, 0.25) is 0 Å². The van der Waals surface area contributed by atoms with Crippen LogP contribution in [0.1, 0.15) is 41.6 Å². The first-order chi connectivity index (χ1) is 14.6. The molecule has 0 atom stereocenters. The van der Waals surface area contributed by atoms with E-state index in [1.54, 1.807) is 25.4 Å². The first-order valence-electron chi connectivity index (χ1n) is 9.77. The monoisotopic (exact) mass is 454 g/mol. The Bertz CT molecular complexity index is 1160. The van der Waals surface area contributed by atoms with Crippen LogP contribution in [0.3, 0.4) is 0 Å². The first-order valence-corrected chi connectivity index (χ1v) is 10.6. The number of carbonyl (C=O) groups excluding carboxylic acids is 1. The van der Waals surface area contributed by atoms with Crippen molar-refractivity contribution in [3.8, 4) is 0 Å². The summed E-state index contributed by atoms with van der Waals surface area (Å²) in [5, 5.41) is 5.58. The molecule has 1 saturated heterocycles. The summed E-state index contributed by atoms with van der Waals surface area (Å²) in [6.07, 6.45) is -2.00. The standard InChI is InChI=1S/C19H21F3N6O2S/c1-12(2)28-16(19(20,21)22)14(10-23-28)17(30)26-5-3-25(4-6-26)11-13-9-15(29)27-7-8-31-18(27)24-13/h7-10,12H,3-6,11H2,1-2H3. The van der Waals surface area contributed by atoms with Crippen molar-refractivity contribution in [3.05, 3.63) is 51.1 Å². The van der Waals surface area contributed by atoms with Gasteiger partial charge in [-0.05, 0) is 13.8 Å². The predicted octanol–water partition coefficient (Wildman–Crippen LogP) is 2.51. The molecule has 12 heteroatoms. The summed E-state index contributed by atoms with van der Waals surface area (Å²) in [5.41, 5.74) is -0.960. The van der Waals surface area contributed by atoms with Crippen LogP contribution in [-0.2, 0) is 12.7 Å². The molecule has 1 aliphatic rings. The average Bonchev–Trinajstić information content (AvgIpc) is 3.35. The lowest BCUT2D eigenvalue weighted by Crippen LogP contribution is -2.48. The molecule has 4 heterocycles. The fourth-order valence-electron chi connectivity index (χ4n) is 3.67. The van der Waals surface area contributed by atoms with Crippen molar-refractivity contribution in [2.75, 3.05) is 26.2 Å². The van der Waals surface area contributed by atoms with Crippen LogP contribution in [0.4, 0.5) is 13.2 Å². The van der Waals surface area contributed by atoms with Gasteiger partial charge in [0.05, 0.1) is 17.5 Å². The van der Waals surface area contributed by atoms with Crippen molar-refractivity contribution in [2.45, 2.75) is 32.6 Å². The Kier molecular flexibility index (Phi) is 5.60. The Hall–Kier alpha value is -2.73. The van der Waals surface area contributed by atoms with Gasteiger partial charge in [0.1, 0.15) is 0 Å². The van der Waals surface area contributed by atoms with Crippen LogP contribution >= 0.6 is 11.3 Å². The summed E-state index contributed by atoms with van der Waals surface area (Å²) < 4.78 is 43.1. The van der Waals surface area contributed by atoms with E-state index in [2.05, 4.69) is 10.1 Å². The van der Waals surface area contributed by atoms with E-state index in [0.29, 0.717) is 30.3 Å². The minimum atomic E-state index is -4.67. The molecule has 0 saturated carbocycles. The number of nitrogens with zero attached hydrogens (tertiary/aromatic N) is 6. The maximum absolute atomic E-state index is 13.6. The fourth-order valence-corrected chi connectivity index (χ4v) is 4.41. The van der Waals surface area contributed by atoms with Crippen LogP contribution in [-0.4, -0.2) is 61.1 Å². The number of halogens is 3. The zero-order valence-electron chi connectivity index (χ0n) is 17.0. The van der Waals surface area contributed by atoms with E-state index in [1.165, 1.54) is 26.7 Å². The lowest BCUT2D eigenvalue weighted by molar-refractivity contribution is -0.145. The molecule has 1 fully saturated rings. The molecule has 3 aromatic rings. The first kappa shape index (κ1) is 21.5. The van der Waals surface area contributed by atoms with Gasteiger partial charge in [0, 0.05) is 56.4 Å². The number of hydrogen-bond donors (Lipinski definition) is 0. The summed E-state index contributed by atoms with van der Waals surface area (Å²) in [5.74, 6) is -0.671. The zero-order valence-corrected chi connectivity index (χ0v) is 17.8. The molecule has 1 aliphatic heterocycles. The van der Waals surface area contributed by atoms with Crippen molar-refractivity contribution in [3.63, 3.8) is 0 Å². The molecule has 0 bridgehead atoms. The zero-order chi connectivity index (χ0) is 22.3. The highest BCUT2D eigenvalue weighted by atomic mass is 32.1. The second kappa shape index (κ2) is 8.08. The van der Waals surface area contributed by atoms with Crippen molar-refractivity contribution < 1.29 is 18.0 Å². The largest absolute Gasteiger partial charge is 0.433 e. The predicted molar refractivity (Wildman–Crippen MR) is 108 cm³/mol. The Balaban J connectivity index is 1.45. The van der Waals surface area contributed by atoms with Gasteiger partial charge in [-0.25, -0.2) is 4.98 Å². The highest BCUT2D eigenvalue weighted by Gasteiger charge is 2.41. The third-order valence-electron chi connectivity index (χ3n) is 5.18. The van der Waals surface area contributed by atoms with Crippen LogP contribution in [0.5, 0.6) is 0 Å². The van der Waals surface area contributed by atoms with Crippen molar-refractivity contribution in [1.82, 2.24) is 29.0 Å². The molecular formula is C19H21F3N6O2S. The molecule has 0 aromatic carbocycles. The third kappa shape index (κ3) is 4.22. The maximum atomic E-state index is 13.6. The summed E-state index contributed by atoms with van der Waals surface area (Å²) in [6, 6.07) is 0.958. The third-order valence-corrected chi connectivity index (χ3v) is 5.94. The van der Waals surface area contributed by atoms with E-state index in [4.69, 9.17) is 0 Å². The van der Waals surface area contributed by atoms with Gasteiger partial charge >= 0.3 is 6.18 Å². The molecular weight excluding hydrogens is 433 g/mol. The summed E-state index contributed by atoms with van der Waals surface area (Å²) in [7, 11) is 0. The maximum Gasteiger partial charge on any atom is 0.433 e. The van der Waals surface area contributed by atoms with Gasteiger partial charge in [-0.3, -0.25) is 23.6 Å². The fraction of sp³-hybridized carbons (Fsp3) is 0.474. The number of thiazole rings is 1. The number of rotatable bonds is 4. The summed E-state index contributed by atoms with van der Waals surface area (Å²) in [4.78, 5) is 33.5. The van der Waals surface area contributed by atoms with Gasteiger partial charge in [-0.15, -0.1) is 11.3 Å². The Morgan fingerprint density at radius 1 is 1.23 bits per heavy atom. The van der Waals surface area contributed by atoms with Crippen LogP contribution in [0, 0.1) is 0 Å². The number of amides is 1. The molecule has 3 aromatic heterocycles. The molecule has 0 radical (unpaired) electrons. The van der Waals surface area contributed by atoms with E-state index >= 15 is 0 Å². The van der Waals surface area contributed by atoms with Crippen molar-refractivity contribution >= 4 is 22.2 Å². The van der Waals surface area contributed by atoms with Crippen LogP contribution in [0.25, 0.3) is 4.96 Å². The number of alkyl halides is 3. The summed E-state index contributed by atoms with van der Waals surface area (Å²) in [6.45, 7) is 5.11. The van der Waals surface area contributed by atoms with Gasteiger partial charge in [0.15, 0.2) is 10.7 Å². The number of carbonyl (C=O) groups is 1.